The van der Waals surface area contributed by atoms with Crippen molar-refractivity contribution in [2.45, 2.75) is 27.2 Å². The number of rotatable bonds is 2. The molecule has 2 aromatic rings. The Labute approximate surface area is 114 Å². The summed E-state index contributed by atoms with van der Waals surface area (Å²) in [5, 5.41) is 0. The van der Waals surface area contributed by atoms with E-state index < -0.39 is 0 Å². The maximum atomic E-state index is 11.6. The fourth-order valence-corrected chi connectivity index (χ4v) is 2.16. The van der Waals surface area contributed by atoms with Crippen molar-refractivity contribution in [3.8, 4) is 11.1 Å². The lowest BCUT2D eigenvalue weighted by Crippen LogP contribution is -2.14. The molecule has 0 saturated carbocycles. The molecular weight excluding hydrogens is 234 g/mol. The Bertz CT molecular complexity index is 615. The average Bonchev–Trinajstić information content (AvgIpc) is 2.32. The predicted octanol–water partition coefficient (Wildman–Crippen LogP) is 3.64. The van der Waals surface area contributed by atoms with Crippen molar-refractivity contribution in [2.75, 3.05) is 0 Å². The standard InChI is InChI=1S/C17H21NO/c1-17(2,3)12-13-5-7-14(8-6-13)15-9-10-18(4)16(19)11-15/h5-11H,12H2,1-4H3. The Morgan fingerprint density at radius 1 is 1.00 bits per heavy atom. The van der Waals surface area contributed by atoms with Gasteiger partial charge in [0.1, 0.15) is 0 Å². The summed E-state index contributed by atoms with van der Waals surface area (Å²) in [6.45, 7) is 6.71. The maximum Gasteiger partial charge on any atom is 0.250 e. The van der Waals surface area contributed by atoms with E-state index >= 15 is 0 Å². The third-order valence-corrected chi connectivity index (χ3v) is 3.13. The summed E-state index contributed by atoms with van der Waals surface area (Å²) in [7, 11) is 1.76. The molecule has 0 radical (unpaired) electrons. The molecule has 0 aliphatic carbocycles. The third-order valence-electron chi connectivity index (χ3n) is 3.13. The average molecular weight is 255 g/mol. The van der Waals surface area contributed by atoms with Crippen molar-refractivity contribution in [3.05, 3.63) is 58.5 Å². The van der Waals surface area contributed by atoms with Crippen molar-refractivity contribution >= 4 is 0 Å². The second-order valence-corrected chi connectivity index (χ2v) is 6.30. The van der Waals surface area contributed by atoms with Crippen LogP contribution in [0.15, 0.2) is 47.4 Å². The molecule has 1 heterocycles. The molecule has 2 nitrogen and oxygen atoms in total. The van der Waals surface area contributed by atoms with E-state index in [0.29, 0.717) is 5.41 Å². The molecule has 2 heteroatoms. The molecule has 0 amide bonds. The molecule has 100 valence electrons. The fraction of sp³-hybridized carbons (Fsp3) is 0.353. The van der Waals surface area contributed by atoms with Gasteiger partial charge in [-0.1, -0.05) is 45.0 Å². The van der Waals surface area contributed by atoms with Crippen molar-refractivity contribution in [2.24, 2.45) is 12.5 Å². The molecular formula is C17H21NO. The van der Waals surface area contributed by atoms with Crippen LogP contribution in [-0.4, -0.2) is 4.57 Å². The first-order valence-corrected chi connectivity index (χ1v) is 6.61. The zero-order valence-corrected chi connectivity index (χ0v) is 12.1. The van der Waals surface area contributed by atoms with E-state index in [2.05, 4.69) is 45.0 Å². The molecule has 0 aliphatic heterocycles. The van der Waals surface area contributed by atoms with Gasteiger partial charge in [0.2, 0.25) is 0 Å². The van der Waals surface area contributed by atoms with E-state index in [0.717, 1.165) is 17.5 Å². The van der Waals surface area contributed by atoms with Gasteiger partial charge in [-0.25, -0.2) is 0 Å². The van der Waals surface area contributed by atoms with Crippen LogP contribution in [-0.2, 0) is 13.5 Å². The maximum absolute atomic E-state index is 11.6. The molecule has 0 N–H and O–H groups in total. The van der Waals surface area contributed by atoms with E-state index in [-0.39, 0.29) is 5.56 Å². The van der Waals surface area contributed by atoms with E-state index in [4.69, 9.17) is 0 Å². The number of pyridine rings is 1. The third kappa shape index (κ3) is 3.57. The molecule has 0 atom stereocenters. The topological polar surface area (TPSA) is 22.0 Å². The number of hydrogen-bond acceptors (Lipinski definition) is 1. The van der Waals surface area contributed by atoms with Gasteiger partial charge in [0.25, 0.3) is 5.56 Å². The van der Waals surface area contributed by atoms with Gasteiger partial charge >= 0.3 is 0 Å². The highest BCUT2D eigenvalue weighted by atomic mass is 16.1. The summed E-state index contributed by atoms with van der Waals surface area (Å²) in [6, 6.07) is 12.1. The van der Waals surface area contributed by atoms with Gasteiger partial charge in [0.15, 0.2) is 0 Å². The number of benzene rings is 1. The summed E-state index contributed by atoms with van der Waals surface area (Å²) < 4.78 is 1.58. The van der Waals surface area contributed by atoms with Crippen LogP contribution in [0.25, 0.3) is 11.1 Å². The predicted molar refractivity (Wildman–Crippen MR) is 80.3 cm³/mol. The summed E-state index contributed by atoms with van der Waals surface area (Å²) in [4.78, 5) is 11.6. The molecule has 0 saturated heterocycles. The monoisotopic (exact) mass is 255 g/mol. The summed E-state index contributed by atoms with van der Waals surface area (Å²) >= 11 is 0. The number of hydrogen-bond donors (Lipinski definition) is 0. The number of aryl methyl sites for hydroxylation is 1. The molecule has 1 aromatic carbocycles. The van der Waals surface area contributed by atoms with Gasteiger partial charge in [-0.15, -0.1) is 0 Å². The highest BCUT2D eigenvalue weighted by Crippen LogP contribution is 2.23. The molecule has 0 fully saturated rings. The Hall–Kier alpha value is -1.83. The summed E-state index contributed by atoms with van der Waals surface area (Å²) in [5.41, 5.74) is 3.72. The van der Waals surface area contributed by atoms with Crippen LogP contribution < -0.4 is 5.56 Å². The smallest absolute Gasteiger partial charge is 0.250 e. The zero-order chi connectivity index (χ0) is 14.0. The lowest BCUT2D eigenvalue weighted by atomic mass is 9.88. The molecule has 0 aliphatic rings. The fourth-order valence-electron chi connectivity index (χ4n) is 2.16. The lowest BCUT2D eigenvalue weighted by molar-refractivity contribution is 0.411. The Morgan fingerprint density at radius 3 is 2.16 bits per heavy atom. The summed E-state index contributed by atoms with van der Waals surface area (Å²) in [5.74, 6) is 0. The van der Waals surface area contributed by atoms with Gasteiger partial charge in [-0.05, 0) is 34.6 Å². The Kier molecular flexibility index (Phi) is 3.61. The minimum Gasteiger partial charge on any atom is -0.319 e. The largest absolute Gasteiger partial charge is 0.319 e. The van der Waals surface area contributed by atoms with Crippen LogP contribution in [0.4, 0.5) is 0 Å². The van der Waals surface area contributed by atoms with E-state index in [1.807, 2.05) is 6.07 Å². The zero-order valence-electron chi connectivity index (χ0n) is 12.1. The minimum atomic E-state index is 0.0243. The highest BCUT2D eigenvalue weighted by molar-refractivity contribution is 5.62. The van der Waals surface area contributed by atoms with E-state index in [9.17, 15) is 4.79 Å². The first-order valence-electron chi connectivity index (χ1n) is 6.61. The van der Waals surface area contributed by atoms with Crippen LogP contribution in [0.5, 0.6) is 0 Å². The number of aromatic nitrogens is 1. The quantitative estimate of drug-likeness (QED) is 0.803. The molecule has 0 unspecified atom stereocenters. The van der Waals surface area contributed by atoms with Gasteiger partial charge in [-0.3, -0.25) is 4.79 Å². The normalized spacial score (nSPS) is 11.6. The summed E-state index contributed by atoms with van der Waals surface area (Å²) in [6.07, 6.45) is 2.87. The van der Waals surface area contributed by atoms with Crippen LogP contribution in [0.2, 0.25) is 0 Å². The van der Waals surface area contributed by atoms with Crippen molar-refractivity contribution < 1.29 is 0 Å². The van der Waals surface area contributed by atoms with Crippen molar-refractivity contribution in [1.82, 2.24) is 4.57 Å². The van der Waals surface area contributed by atoms with Crippen molar-refractivity contribution in [3.63, 3.8) is 0 Å². The number of nitrogens with zero attached hydrogens (tertiary/aromatic N) is 1. The van der Waals surface area contributed by atoms with Crippen LogP contribution in [0, 0.1) is 5.41 Å². The van der Waals surface area contributed by atoms with Gasteiger partial charge in [0, 0.05) is 19.3 Å². The molecule has 2 rings (SSSR count). The van der Waals surface area contributed by atoms with Crippen LogP contribution >= 0.6 is 0 Å². The molecule has 0 bridgehead atoms. The SMILES string of the molecule is Cn1ccc(-c2ccc(CC(C)(C)C)cc2)cc1=O. The van der Waals surface area contributed by atoms with Gasteiger partial charge < -0.3 is 4.57 Å². The molecule has 0 spiro atoms. The second kappa shape index (κ2) is 5.04. The van der Waals surface area contributed by atoms with E-state index in [1.165, 1.54) is 5.56 Å². The van der Waals surface area contributed by atoms with Gasteiger partial charge in [0.05, 0.1) is 0 Å². The van der Waals surface area contributed by atoms with Crippen molar-refractivity contribution in [1.29, 1.82) is 0 Å². The first-order chi connectivity index (χ1) is 8.85. The minimum absolute atomic E-state index is 0.0243. The first kappa shape index (κ1) is 13.6. The molecule has 1 aromatic heterocycles. The highest BCUT2D eigenvalue weighted by Gasteiger charge is 2.11. The van der Waals surface area contributed by atoms with E-state index in [1.54, 1.807) is 23.9 Å². The Balaban J connectivity index is 2.27. The van der Waals surface area contributed by atoms with Gasteiger partial charge in [-0.2, -0.15) is 0 Å². The molecule has 19 heavy (non-hydrogen) atoms. The Morgan fingerprint density at radius 2 is 1.63 bits per heavy atom. The lowest BCUT2D eigenvalue weighted by Gasteiger charge is -2.18. The van der Waals surface area contributed by atoms with Crippen LogP contribution in [0.1, 0.15) is 26.3 Å². The van der Waals surface area contributed by atoms with Crippen LogP contribution in [0.3, 0.4) is 0 Å². The second-order valence-electron chi connectivity index (χ2n) is 6.30.